The van der Waals surface area contributed by atoms with Crippen molar-refractivity contribution in [3.8, 4) is 0 Å². The molecule has 0 heterocycles. The summed E-state index contributed by atoms with van der Waals surface area (Å²) in [6.07, 6.45) is 5.76. The number of benzene rings is 1. The number of hydrogen-bond acceptors (Lipinski definition) is 0. The third kappa shape index (κ3) is 9.27. The Morgan fingerprint density at radius 3 is 1.80 bits per heavy atom. The monoisotopic (exact) mass is 266 g/mol. The van der Waals surface area contributed by atoms with Crippen molar-refractivity contribution in [1.82, 2.24) is 0 Å². The van der Waals surface area contributed by atoms with Crippen LogP contribution in [-0.2, 0) is 0 Å². The van der Waals surface area contributed by atoms with Crippen LogP contribution in [0.3, 0.4) is 0 Å². The van der Waals surface area contributed by atoms with Gasteiger partial charge in [0.2, 0.25) is 0 Å². The van der Waals surface area contributed by atoms with Crippen LogP contribution in [0.25, 0.3) is 6.08 Å². The predicted molar refractivity (Wildman–Crippen MR) is 72.3 cm³/mol. The van der Waals surface area contributed by atoms with Crippen LogP contribution in [0.15, 0.2) is 62.2 Å². The molecule has 0 atom stereocenters. The molecule has 0 unspecified atom stereocenters. The largest absolute Gasteiger partial charge is 0.0985 e. The molecule has 0 N–H and O–H groups in total. The Bertz CT molecular complexity index is 267. The Hall–Kier alpha value is -1.04. The van der Waals surface area contributed by atoms with Crippen molar-refractivity contribution in [1.29, 1.82) is 0 Å². The molecule has 0 radical (unpaired) electrons. The summed E-state index contributed by atoms with van der Waals surface area (Å²) in [6.45, 7) is 10.9. The Balaban J connectivity index is 0.000000265. The summed E-state index contributed by atoms with van der Waals surface area (Å²) in [5, 5.41) is 2.36. The molecular formula is C14H18Se. The van der Waals surface area contributed by atoms with Crippen molar-refractivity contribution in [2.45, 2.75) is 10.6 Å². The molecular weight excluding hydrogens is 247 g/mol. The topological polar surface area (TPSA) is 0 Å². The van der Waals surface area contributed by atoms with Gasteiger partial charge >= 0.3 is 50.9 Å². The van der Waals surface area contributed by atoms with E-state index in [0.717, 1.165) is 15.0 Å². The number of rotatable bonds is 5. The average molecular weight is 265 g/mol. The van der Waals surface area contributed by atoms with E-state index in [1.165, 1.54) is 16.2 Å². The first kappa shape index (κ1) is 14.0. The quantitative estimate of drug-likeness (QED) is 0.424. The molecule has 1 heteroatoms. The smallest absolute Gasteiger partial charge is 0.0263 e. The number of hydrogen-bond donors (Lipinski definition) is 0. The summed E-state index contributed by atoms with van der Waals surface area (Å²) in [5.41, 5.74) is 1.17. The van der Waals surface area contributed by atoms with Gasteiger partial charge in [0.05, 0.1) is 0 Å². The first-order valence-electron chi connectivity index (χ1n) is 4.82. The van der Waals surface area contributed by atoms with Crippen LogP contribution in [0.4, 0.5) is 0 Å². The van der Waals surface area contributed by atoms with Crippen molar-refractivity contribution >= 4 is 21.0 Å². The van der Waals surface area contributed by atoms with E-state index >= 15 is 0 Å². The molecule has 0 aromatic heterocycles. The van der Waals surface area contributed by atoms with Crippen LogP contribution in [0, 0.1) is 0 Å². The molecule has 0 amide bonds. The maximum absolute atomic E-state index is 3.63. The van der Waals surface area contributed by atoms with Crippen LogP contribution in [-0.4, -0.2) is 15.0 Å². The van der Waals surface area contributed by atoms with Crippen molar-refractivity contribution < 1.29 is 0 Å². The zero-order valence-corrected chi connectivity index (χ0v) is 10.8. The minimum atomic E-state index is 0.740. The van der Waals surface area contributed by atoms with Gasteiger partial charge in [-0.3, -0.25) is 0 Å². The SMILES string of the molecule is C=CC[Se]CC=C.C=Cc1ccccc1. The molecule has 0 saturated heterocycles. The van der Waals surface area contributed by atoms with E-state index in [0.29, 0.717) is 0 Å². The zero-order valence-electron chi connectivity index (χ0n) is 9.06. The molecule has 1 aromatic carbocycles. The van der Waals surface area contributed by atoms with Crippen LogP contribution in [0.5, 0.6) is 0 Å². The molecule has 0 nitrogen and oxygen atoms in total. The maximum Gasteiger partial charge on any atom is -0.0263 e. The first-order valence-corrected chi connectivity index (χ1v) is 7.24. The predicted octanol–water partition coefficient (Wildman–Crippen LogP) is 4.23. The van der Waals surface area contributed by atoms with Gasteiger partial charge in [-0.25, -0.2) is 0 Å². The first-order chi connectivity index (χ1) is 7.35. The maximum atomic E-state index is 3.63. The van der Waals surface area contributed by atoms with Gasteiger partial charge in [-0.1, -0.05) is 43.0 Å². The van der Waals surface area contributed by atoms with Gasteiger partial charge in [0.1, 0.15) is 0 Å². The van der Waals surface area contributed by atoms with Gasteiger partial charge in [-0.2, -0.15) is 0 Å². The minimum Gasteiger partial charge on any atom is -0.0985 e. The van der Waals surface area contributed by atoms with Crippen LogP contribution in [0.1, 0.15) is 5.56 Å². The molecule has 0 bridgehead atoms. The third-order valence-electron chi connectivity index (χ3n) is 1.51. The average Bonchev–Trinajstić information content (AvgIpc) is 2.32. The van der Waals surface area contributed by atoms with E-state index in [1.807, 2.05) is 48.6 Å². The standard InChI is InChI=1S/C8H8.C6H10Se/c1-2-8-6-4-3-5-7-8;1-3-5-7-6-4-2/h2-7H,1H2;3-4H,1-2,5-6H2. The molecule has 0 spiro atoms. The molecule has 0 fully saturated rings. The van der Waals surface area contributed by atoms with E-state index in [-0.39, 0.29) is 0 Å². The molecule has 0 aliphatic carbocycles. The van der Waals surface area contributed by atoms with E-state index < -0.39 is 0 Å². The Labute approximate surface area is 99.6 Å². The summed E-state index contributed by atoms with van der Waals surface area (Å²) in [4.78, 5) is 0. The summed E-state index contributed by atoms with van der Waals surface area (Å²) in [5.74, 6) is 0. The van der Waals surface area contributed by atoms with E-state index in [1.54, 1.807) is 0 Å². The second kappa shape index (κ2) is 11.0. The molecule has 80 valence electrons. The molecule has 0 aliphatic heterocycles. The fourth-order valence-corrected chi connectivity index (χ4v) is 1.81. The van der Waals surface area contributed by atoms with Crippen molar-refractivity contribution in [3.05, 3.63) is 67.8 Å². The molecule has 0 saturated carbocycles. The van der Waals surface area contributed by atoms with Gasteiger partial charge in [0.25, 0.3) is 0 Å². The van der Waals surface area contributed by atoms with E-state index in [2.05, 4.69) is 19.7 Å². The molecule has 1 rings (SSSR count). The fourth-order valence-electron chi connectivity index (χ4n) is 0.824. The van der Waals surface area contributed by atoms with Gasteiger partial charge in [0, 0.05) is 0 Å². The molecule has 0 aliphatic rings. The van der Waals surface area contributed by atoms with Gasteiger partial charge < -0.3 is 0 Å². The van der Waals surface area contributed by atoms with Crippen molar-refractivity contribution in [3.63, 3.8) is 0 Å². The van der Waals surface area contributed by atoms with Crippen LogP contribution >= 0.6 is 0 Å². The van der Waals surface area contributed by atoms with Gasteiger partial charge in [-0.15, -0.1) is 0 Å². The summed E-state index contributed by atoms with van der Waals surface area (Å²) >= 11 is 0.740. The molecule has 1 aromatic rings. The zero-order chi connectivity index (χ0) is 11.4. The van der Waals surface area contributed by atoms with Crippen molar-refractivity contribution in [2.75, 3.05) is 0 Å². The Kier molecular flexibility index (Phi) is 10.3. The second-order valence-electron chi connectivity index (χ2n) is 2.73. The summed E-state index contributed by atoms with van der Waals surface area (Å²) in [7, 11) is 0. The van der Waals surface area contributed by atoms with Crippen LogP contribution in [0.2, 0.25) is 10.6 Å². The Morgan fingerprint density at radius 2 is 1.47 bits per heavy atom. The van der Waals surface area contributed by atoms with Gasteiger partial charge in [0.15, 0.2) is 0 Å². The summed E-state index contributed by atoms with van der Waals surface area (Å²) < 4.78 is 0. The molecule has 15 heavy (non-hydrogen) atoms. The minimum absolute atomic E-state index is 0.740. The number of allylic oxidation sites excluding steroid dienone is 2. The normalized spacial score (nSPS) is 8.27. The Morgan fingerprint density at radius 1 is 0.933 bits per heavy atom. The van der Waals surface area contributed by atoms with E-state index in [9.17, 15) is 0 Å². The third-order valence-corrected chi connectivity index (χ3v) is 3.48. The van der Waals surface area contributed by atoms with Gasteiger partial charge in [-0.05, 0) is 5.56 Å². The van der Waals surface area contributed by atoms with E-state index in [4.69, 9.17) is 0 Å². The van der Waals surface area contributed by atoms with Crippen LogP contribution < -0.4 is 0 Å². The summed E-state index contributed by atoms with van der Waals surface area (Å²) in [6, 6.07) is 10.0. The fraction of sp³-hybridized carbons (Fsp3) is 0.143. The second-order valence-corrected chi connectivity index (χ2v) is 4.98. The van der Waals surface area contributed by atoms with Crippen molar-refractivity contribution in [2.24, 2.45) is 0 Å².